The van der Waals surface area contributed by atoms with Crippen molar-refractivity contribution < 1.29 is 13.2 Å². The van der Waals surface area contributed by atoms with Crippen LogP contribution in [-0.4, -0.2) is 26.0 Å². The molecule has 2 heterocycles. The Balaban J connectivity index is 1.92. The first-order valence-electron chi connectivity index (χ1n) is 6.83. The van der Waals surface area contributed by atoms with E-state index in [-0.39, 0.29) is 12.0 Å². The molecule has 9 heteroatoms. The van der Waals surface area contributed by atoms with E-state index in [0.29, 0.717) is 29.2 Å². The van der Waals surface area contributed by atoms with Crippen molar-refractivity contribution in [3.8, 4) is 0 Å². The number of aromatic nitrogens is 4. The van der Waals surface area contributed by atoms with Gasteiger partial charge in [0.05, 0.1) is 6.20 Å². The zero-order chi connectivity index (χ0) is 16.6. The van der Waals surface area contributed by atoms with Gasteiger partial charge in [-0.05, 0) is 13.8 Å². The van der Waals surface area contributed by atoms with E-state index in [1.54, 1.807) is 0 Å². The van der Waals surface area contributed by atoms with Crippen LogP contribution in [0.3, 0.4) is 0 Å². The molecule has 0 saturated heterocycles. The fourth-order valence-corrected chi connectivity index (χ4v) is 1.97. The van der Waals surface area contributed by atoms with E-state index >= 15 is 0 Å². The quantitative estimate of drug-likeness (QED) is 0.687. The Labute approximate surface area is 129 Å². The Hall–Kier alpha value is -2.84. The zero-order valence-electron chi connectivity index (χ0n) is 12.3. The average molecular weight is 322 g/mol. The number of nitrogens with one attached hydrogen (secondary N) is 3. The number of aromatic amines is 1. The molecule has 0 fully saturated rings. The number of hydrogen-bond donors (Lipinski definition) is 3. The minimum absolute atomic E-state index is 0.0698. The Kier molecular flexibility index (Phi) is 3.77. The van der Waals surface area contributed by atoms with E-state index in [0.717, 1.165) is 0 Å². The second-order valence-electron chi connectivity index (χ2n) is 5.18. The van der Waals surface area contributed by atoms with Gasteiger partial charge in [-0.25, -0.2) is 18.2 Å². The van der Waals surface area contributed by atoms with Crippen LogP contribution in [0.1, 0.15) is 13.8 Å². The van der Waals surface area contributed by atoms with Crippen molar-refractivity contribution in [3.05, 3.63) is 35.8 Å². The van der Waals surface area contributed by atoms with E-state index in [2.05, 4.69) is 30.6 Å². The Bertz CT molecular complexity index is 838. The van der Waals surface area contributed by atoms with E-state index in [4.69, 9.17) is 0 Å². The van der Waals surface area contributed by atoms with Gasteiger partial charge in [0.15, 0.2) is 17.3 Å². The first-order valence-corrected chi connectivity index (χ1v) is 6.83. The summed E-state index contributed by atoms with van der Waals surface area (Å²) in [5.41, 5.74) is 0.317. The third kappa shape index (κ3) is 3.17. The molecule has 0 saturated carbocycles. The highest BCUT2D eigenvalue weighted by atomic mass is 19.1. The Morgan fingerprint density at radius 1 is 1.09 bits per heavy atom. The maximum absolute atomic E-state index is 13.6. The molecule has 23 heavy (non-hydrogen) atoms. The SMILES string of the molecule is CC(C)Nc1ncc2[nH]c(Nc3c(F)cc(F)cc3F)nc2n1. The van der Waals surface area contributed by atoms with Crippen molar-refractivity contribution >= 4 is 28.7 Å². The number of fused-ring (bicyclic) bond motifs is 1. The number of H-pyrrole nitrogens is 1. The summed E-state index contributed by atoms with van der Waals surface area (Å²) in [6.45, 7) is 3.87. The number of hydrogen-bond acceptors (Lipinski definition) is 5. The lowest BCUT2D eigenvalue weighted by Gasteiger charge is -2.06. The summed E-state index contributed by atoms with van der Waals surface area (Å²) in [5.74, 6) is -2.65. The van der Waals surface area contributed by atoms with E-state index in [1.807, 2.05) is 13.8 Å². The van der Waals surface area contributed by atoms with Gasteiger partial charge >= 0.3 is 0 Å². The predicted molar refractivity (Wildman–Crippen MR) is 80.0 cm³/mol. The highest BCUT2D eigenvalue weighted by Crippen LogP contribution is 2.24. The summed E-state index contributed by atoms with van der Waals surface area (Å²) in [6.07, 6.45) is 1.50. The summed E-state index contributed by atoms with van der Waals surface area (Å²) in [6, 6.07) is 1.31. The van der Waals surface area contributed by atoms with Crippen LogP contribution in [-0.2, 0) is 0 Å². The number of halogens is 3. The van der Waals surface area contributed by atoms with Crippen LogP contribution in [0, 0.1) is 17.5 Å². The van der Waals surface area contributed by atoms with E-state index < -0.39 is 23.1 Å². The normalized spacial score (nSPS) is 11.2. The minimum Gasteiger partial charge on any atom is -0.352 e. The third-order valence-electron chi connectivity index (χ3n) is 2.91. The molecular weight excluding hydrogens is 309 g/mol. The Morgan fingerprint density at radius 3 is 2.43 bits per heavy atom. The second kappa shape index (κ2) is 5.75. The smallest absolute Gasteiger partial charge is 0.225 e. The molecule has 0 aliphatic carbocycles. The van der Waals surface area contributed by atoms with Crippen LogP contribution < -0.4 is 10.6 Å². The number of anilines is 3. The van der Waals surface area contributed by atoms with Crippen LogP contribution in [0.25, 0.3) is 11.2 Å². The second-order valence-corrected chi connectivity index (χ2v) is 5.18. The van der Waals surface area contributed by atoms with Crippen molar-refractivity contribution in [2.24, 2.45) is 0 Å². The van der Waals surface area contributed by atoms with E-state index in [1.165, 1.54) is 6.20 Å². The largest absolute Gasteiger partial charge is 0.352 e. The molecule has 0 unspecified atom stereocenters. The van der Waals surface area contributed by atoms with Gasteiger partial charge in [-0.2, -0.15) is 9.97 Å². The average Bonchev–Trinajstić information content (AvgIpc) is 2.84. The number of benzene rings is 1. The molecule has 120 valence electrons. The van der Waals surface area contributed by atoms with Crippen molar-refractivity contribution in [1.29, 1.82) is 0 Å². The van der Waals surface area contributed by atoms with Gasteiger partial charge in [-0.3, -0.25) is 0 Å². The molecule has 0 radical (unpaired) electrons. The van der Waals surface area contributed by atoms with Gasteiger partial charge in [0, 0.05) is 18.2 Å². The topological polar surface area (TPSA) is 78.5 Å². The van der Waals surface area contributed by atoms with Gasteiger partial charge in [0.2, 0.25) is 11.9 Å². The highest BCUT2D eigenvalue weighted by Gasteiger charge is 2.14. The summed E-state index contributed by atoms with van der Waals surface area (Å²) < 4.78 is 40.2. The standard InChI is InChI=1S/C14H13F3N6/c1-6(2)19-13-18-5-10-12(22-13)23-14(20-10)21-11-8(16)3-7(15)4-9(11)17/h3-6H,1-2H3,(H3,18,19,20,21,22,23). The monoisotopic (exact) mass is 322 g/mol. The number of rotatable bonds is 4. The van der Waals surface area contributed by atoms with Gasteiger partial charge in [0.25, 0.3) is 0 Å². The lowest BCUT2D eigenvalue weighted by atomic mass is 10.3. The fourth-order valence-electron chi connectivity index (χ4n) is 1.97. The molecule has 0 aliphatic rings. The molecule has 3 N–H and O–H groups in total. The van der Waals surface area contributed by atoms with Crippen molar-refractivity contribution in [2.75, 3.05) is 10.6 Å². The van der Waals surface area contributed by atoms with Crippen LogP contribution in [0.5, 0.6) is 0 Å². The van der Waals surface area contributed by atoms with E-state index in [9.17, 15) is 13.2 Å². The molecule has 0 aliphatic heterocycles. The summed E-state index contributed by atoms with van der Waals surface area (Å²) in [5, 5.41) is 5.47. The molecular formula is C14H13F3N6. The first kappa shape index (κ1) is 15.1. The summed E-state index contributed by atoms with van der Waals surface area (Å²) in [7, 11) is 0. The van der Waals surface area contributed by atoms with Crippen LogP contribution in [0.2, 0.25) is 0 Å². The van der Waals surface area contributed by atoms with Crippen molar-refractivity contribution in [1.82, 2.24) is 19.9 Å². The number of nitrogens with zero attached hydrogens (tertiary/aromatic N) is 3. The molecule has 2 aromatic heterocycles. The maximum atomic E-state index is 13.6. The predicted octanol–water partition coefficient (Wildman–Crippen LogP) is 3.33. The number of imidazole rings is 1. The van der Waals surface area contributed by atoms with Gasteiger partial charge in [-0.15, -0.1) is 0 Å². The van der Waals surface area contributed by atoms with Crippen LogP contribution in [0.15, 0.2) is 18.3 Å². The summed E-state index contributed by atoms with van der Waals surface area (Å²) >= 11 is 0. The molecule has 3 rings (SSSR count). The summed E-state index contributed by atoms with van der Waals surface area (Å²) in [4.78, 5) is 15.2. The maximum Gasteiger partial charge on any atom is 0.225 e. The molecule has 1 aromatic carbocycles. The van der Waals surface area contributed by atoms with Gasteiger partial charge < -0.3 is 15.6 Å². The van der Waals surface area contributed by atoms with Gasteiger partial charge in [-0.1, -0.05) is 0 Å². The highest BCUT2D eigenvalue weighted by molar-refractivity contribution is 5.75. The molecule has 0 spiro atoms. The van der Waals surface area contributed by atoms with Gasteiger partial charge in [0.1, 0.15) is 17.0 Å². The fraction of sp³-hybridized carbons (Fsp3) is 0.214. The first-order chi connectivity index (χ1) is 10.9. The third-order valence-corrected chi connectivity index (χ3v) is 2.91. The molecule has 6 nitrogen and oxygen atoms in total. The lowest BCUT2D eigenvalue weighted by Crippen LogP contribution is -2.12. The van der Waals surface area contributed by atoms with Crippen molar-refractivity contribution in [3.63, 3.8) is 0 Å². The van der Waals surface area contributed by atoms with Crippen LogP contribution >= 0.6 is 0 Å². The molecule has 3 aromatic rings. The lowest BCUT2D eigenvalue weighted by molar-refractivity contribution is 0.548. The van der Waals surface area contributed by atoms with Crippen LogP contribution in [0.4, 0.5) is 30.8 Å². The zero-order valence-corrected chi connectivity index (χ0v) is 12.3. The Morgan fingerprint density at radius 2 is 1.78 bits per heavy atom. The van der Waals surface area contributed by atoms with Crippen molar-refractivity contribution in [2.45, 2.75) is 19.9 Å². The molecule has 0 amide bonds. The minimum atomic E-state index is -1.06. The molecule has 0 atom stereocenters. The molecule has 0 bridgehead atoms.